The van der Waals surface area contributed by atoms with Gasteiger partial charge in [0.15, 0.2) is 0 Å². The largest absolute Gasteiger partial charge is 0.327 e. The van der Waals surface area contributed by atoms with Gasteiger partial charge in [-0.15, -0.1) is 0 Å². The van der Waals surface area contributed by atoms with E-state index < -0.39 is 0 Å². The van der Waals surface area contributed by atoms with E-state index in [-0.39, 0.29) is 6.04 Å². The second kappa shape index (κ2) is 6.20. The summed E-state index contributed by atoms with van der Waals surface area (Å²) in [6.45, 7) is 7.68. The molecule has 0 radical (unpaired) electrons. The molecular weight excluding hydrogens is 234 g/mol. The lowest BCUT2D eigenvalue weighted by atomic mass is 10.1. The van der Waals surface area contributed by atoms with Gasteiger partial charge in [0.2, 0.25) is 0 Å². The zero-order chi connectivity index (χ0) is 13.8. The molecule has 19 heavy (non-hydrogen) atoms. The molecule has 1 unspecified atom stereocenters. The number of hydrogen-bond donors (Lipinski definition) is 1. The van der Waals surface area contributed by atoms with Crippen LogP contribution in [-0.4, -0.2) is 9.55 Å². The predicted octanol–water partition coefficient (Wildman–Crippen LogP) is 3.88. The van der Waals surface area contributed by atoms with Gasteiger partial charge in [0.25, 0.3) is 0 Å². The molecule has 3 nitrogen and oxygen atoms in total. The highest BCUT2D eigenvalue weighted by atomic mass is 15.1. The van der Waals surface area contributed by atoms with E-state index in [0.717, 1.165) is 37.1 Å². The van der Waals surface area contributed by atoms with Crippen LogP contribution in [0, 0.1) is 5.92 Å². The molecule has 0 saturated carbocycles. The molecule has 0 aliphatic heterocycles. The number of fused-ring (bicyclic) bond motifs is 1. The smallest absolute Gasteiger partial charge is 0.126 e. The van der Waals surface area contributed by atoms with Gasteiger partial charge >= 0.3 is 0 Å². The number of benzene rings is 1. The van der Waals surface area contributed by atoms with Crippen LogP contribution in [0.15, 0.2) is 24.3 Å². The Morgan fingerprint density at radius 3 is 2.63 bits per heavy atom. The van der Waals surface area contributed by atoms with E-state index in [4.69, 9.17) is 10.7 Å². The molecule has 1 aromatic heterocycles. The normalized spacial score (nSPS) is 13.3. The molecule has 0 saturated heterocycles. The van der Waals surface area contributed by atoms with Crippen molar-refractivity contribution in [1.82, 2.24) is 9.55 Å². The molecule has 0 spiro atoms. The van der Waals surface area contributed by atoms with E-state index in [1.165, 1.54) is 5.52 Å². The summed E-state index contributed by atoms with van der Waals surface area (Å²) in [4.78, 5) is 4.75. The first-order chi connectivity index (χ1) is 9.13. The summed E-state index contributed by atoms with van der Waals surface area (Å²) in [6.07, 6.45) is 3.24. The summed E-state index contributed by atoms with van der Waals surface area (Å²) in [5.74, 6) is 1.74. The molecule has 1 heterocycles. The van der Waals surface area contributed by atoms with Crippen LogP contribution in [0.1, 0.15) is 51.9 Å². The van der Waals surface area contributed by atoms with Crippen molar-refractivity contribution in [3.05, 3.63) is 30.1 Å². The minimum absolute atomic E-state index is 0.0459. The van der Waals surface area contributed by atoms with Gasteiger partial charge in [0.1, 0.15) is 5.82 Å². The van der Waals surface area contributed by atoms with Crippen molar-refractivity contribution >= 4 is 11.0 Å². The van der Waals surface area contributed by atoms with Gasteiger partial charge in [-0.25, -0.2) is 4.98 Å². The van der Waals surface area contributed by atoms with Crippen molar-refractivity contribution in [2.75, 3.05) is 0 Å². The minimum Gasteiger partial charge on any atom is -0.327 e. The van der Waals surface area contributed by atoms with Crippen LogP contribution >= 0.6 is 0 Å². The lowest BCUT2D eigenvalue weighted by Crippen LogP contribution is -2.17. The SMILES string of the molecule is CCCC(N)c1nc2ccccc2n1CCC(C)C. The van der Waals surface area contributed by atoms with Crippen LogP contribution < -0.4 is 5.73 Å². The van der Waals surface area contributed by atoms with Crippen LogP contribution in [0.25, 0.3) is 11.0 Å². The van der Waals surface area contributed by atoms with Crippen LogP contribution in [0.3, 0.4) is 0 Å². The number of nitrogens with zero attached hydrogens (tertiary/aromatic N) is 2. The Labute approximate surface area is 115 Å². The zero-order valence-corrected chi connectivity index (χ0v) is 12.3. The summed E-state index contributed by atoms with van der Waals surface area (Å²) in [5, 5.41) is 0. The van der Waals surface area contributed by atoms with Crippen LogP contribution in [0.2, 0.25) is 0 Å². The first kappa shape index (κ1) is 14.1. The summed E-state index contributed by atoms with van der Waals surface area (Å²) in [6, 6.07) is 8.38. The molecule has 0 amide bonds. The molecule has 2 aromatic rings. The molecular formula is C16H25N3. The molecule has 1 aromatic carbocycles. The van der Waals surface area contributed by atoms with Crippen molar-refractivity contribution in [2.45, 2.75) is 52.6 Å². The maximum absolute atomic E-state index is 6.29. The standard InChI is InChI=1S/C16H25N3/c1-4-7-13(17)16-18-14-8-5-6-9-15(14)19(16)11-10-12(2)3/h5-6,8-9,12-13H,4,7,10-11,17H2,1-3H3. The Morgan fingerprint density at radius 1 is 1.21 bits per heavy atom. The maximum atomic E-state index is 6.29. The van der Waals surface area contributed by atoms with Crippen molar-refractivity contribution in [2.24, 2.45) is 11.7 Å². The van der Waals surface area contributed by atoms with Gasteiger partial charge < -0.3 is 10.3 Å². The molecule has 3 heteroatoms. The van der Waals surface area contributed by atoms with Gasteiger partial charge in [-0.2, -0.15) is 0 Å². The fraction of sp³-hybridized carbons (Fsp3) is 0.562. The topological polar surface area (TPSA) is 43.8 Å². The number of para-hydroxylation sites is 2. The van der Waals surface area contributed by atoms with Gasteiger partial charge in [0.05, 0.1) is 17.1 Å². The van der Waals surface area contributed by atoms with Crippen molar-refractivity contribution in [3.63, 3.8) is 0 Å². The lowest BCUT2D eigenvalue weighted by molar-refractivity contribution is 0.490. The molecule has 0 bridgehead atoms. The zero-order valence-electron chi connectivity index (χ0n) is 12.3. The molecule has 2 N–H and O–H groups in total. The highest BCUT2D eigenvalue weighted by Crippen LogP contribution is 2.23. The number of aryl methyl sites for hydroxylation is 1. The molecule has 1 atom stereocenters. The number of rotatable bonds is 6. The van der Waals surface area contributed by atoms with Crippen LogP contribution in [-0.2, 0) is 6.54 Å². The summed E-state index contributed by atoms with van der Waals surface area (Å²) in [5.41, 5.74) is 8.57. The molecule has 0 fully saturated rings. The van der Waals surface area contributed by atoms with Crippen LogP contribution in [0.4, 0.5) is 0 Å². The Hall–Kier alpha value is -1.35. The minimum atomic E-state index is 0.0459. The quantitative estimate of drug-likeness (QED) is 0.855. The summed E-state index contributed by atoms with van der Waals surface area (Å²) >= 11 is 0. The maximum Gasteiger partial charge on any atom is 0.126 e. The molecule has 104 valence electrons. The van der Waals surface area contributed by atoms with Crippen molar-refractivity contribution in [1.29, 1.82) is 0 Å². The third kappa shape index (κ3) is 3.16. The monoisotopic (exact) mass is 259 g/mol. The number of imidazole rings is 1. The van der Waals surface area contributed by atoms with E-state index in [2.05, 4.69) is 43.5 Å². The molecule has 0 aliphatic carbocycles. The first-order valence-corrected chi connectivity index (χ1v) is 7.34. The van der Waals surface area contributed by atoms with E-state index in [9.17, 15) is 0 Å². The average Bonchev–Trinajstić information content (AvgIpc) is 2.75. The second-order valence-corrected chi connectivity index (χ2v) is 5.69. The van der Waals surface area contributed by atoms with E-state index in [1.807, 2.05) is 6.07 Å². The molecule has 0 aliphatic rings. The fourth-order valence-corrected chi connectivity index (χ4v) is 2.44. The van der Waals surface area contributed by atoms with Crippen molar-refractivity contribution in [3.8, 4) is 0 Å². The fourth-order valence-electron chi connectivity index (χ4n) is 2.44. The summed E-state index contributed by atoms with van der Waals surface area (Å²) in [7, 11) is 0. The second-order valence-electron chi connectivity index (χ2n) is 5.69. The first-order valence-electron chi connectivity index (χ1n) is 7.34. The third-order valence-electron chi connectivity index (χ3n) is 3.55. The number of nitrogens with two attached hydrogens (primary N) is 1. The average molecular weight is 259 g/mol. The highest BCUT2D eigenvalue weighted by Gasteiger charge is 2.16. The number of hydrogen-bond acceptors (Lipinski definition) is 2. The Bertz CT molecular complexity index is 528. The number of aromatic nitrogens is 2. The Balaban J connectivity index is 2.39. The Kier molecular flexibility index (Phi) is 4.59. The van der Waals surface area contributed by atoms with Gasteiger partial charge in [-0.05, 0) is 30.9 Å². The highest BCUT2D eigenvalue weighted by molar-refractivity contribution is 5.76. The van der Waals surface area contributed by atoms with Gasteiger partial charge in [-0.3, -0.25) is 0 Å². The van der Waals surface area contributed by atoms with E-state index >= 15 is 0 Å². The van der Waals surface area contributed by atoms with Gasteiger partial charge in [0, 0.05) is 6.54 Å². The van der Waals surface area contributed by atoms with E-state index in [1.54, 1.807) is 0 Å². The van der Waals surface area contributed by atoms with Crippen molar-refractivity contribution < 1.29 is 0 Å². The Morgan fingerprint density at radius 2 is 1.95 bits per heavy atom. The summed E-state index contributed by atoms with van der Waals surface area (Å²) < 4.78 is 2.32. The predicted molar refractivity (Wildman–Crippen MR) is 81.0 cm³/mol. The van der Waals surface area contributed by atoms with Crippen LogP contribution in [0.5, 0.6) is 0 Å². The van der Waals surface area contributed by atoms with E-state index in [0.29, 0.717) is 5.92 Å². The lowest BCUT2D eigenvalue weighted by Gasteiger charge is -2.15. The molecule has 2 rings (SSSR count). The third-order valence-corrected chi connectivity index (χ3v) is 3.55. The van der Waals surface area contributed by atoms with Gasteiger partial charge in [-0.1, -0.05) is 39.3 Å².